The van der Waals surface area contributed by atoms with Gasteiger partial charge in [0.1, 0.15) is 5.75 Å². The number of carbonyl (C=O) groups excluding carboxylic acids is 1. The van der Waals surface area contributed by atoms with E-state index in [0.717, 1.165) is 49.5 Å². The highest BCUT2D eigenvalue weighted by Crippen LogP contribution is 2.40. The van der Waals surface area contributed by atoms with Crippen LogP contribution in [0, 0.1) is 4.91 Å². The molecule has 1 unspecified atom stereocenters. The van der Waals surface area contributed by atoms with E-state index in [9.17, 15) is 9.70 Å². The lowest BCUT2D eigenvalue weighted by molar-refractivity contribution is -0.529. The van der Waals surface area contributed by atoms with Crippen LogP contribution in [0.3, 0.4) is 0 Å². The summed E-state index contributed by atoms with van der Waals surface area (Å²) in [5.41, 5.74) is 1.56. The zero-order chi connectivity index (χ0) is 27.8. The molecule has 0 bridgehead atoms. The second-order valence-corrected chi connectivity index (χ2v) is 9.55. The van der Waals surface area contributed by atoms with Gasteiger partial charge in [0.25, 0.3) is 0 Å². The molecule has 1 saturated heterocycles. The summed E-state index contributed by atoms with van der Waals surface area (Å²) in [4.78, 5) is 29.6. The summed E-state index contributed by atoms with van der Waals surface area (Å²) in [6.45, 7) is 5.72. The number of ether oxygens (including phenoxy) is 5. The lowest BCUT2D eigenvalue weighted by Gasteiger charge is -2.34. The molecule has 11 nitrogen and oxygen atoms in total. The van der Waals surface area contributed by atoms with Gasteiger partial charge in [-0.3, -0.25) is 4.79 Å². The smallest absolute Gasteiger partial charge is 0.352 e. The Balaban J connectivity index is 1.13. The Morgan fingerprint density at radius 3 is 2.33 bits per heavy atom. The summed E-state index contributed by atoms with van der Waals surface area (Å²) < 4.78 is 28.3. The Bertz CT molecular complexity index is 1150. The Kier molecular flexibility index (Phi) is 9.83. The van der Waals surface area contributed by atoms with Crippen LogP contribution < -0.4 is 29.0 Å². The van der Waals surface area contributed by atoms with Crippen LogP contribution in [0.4, 0.5) is 5.69 Å². The predicted octanol–water partition coefficient (Wildman–Crippen LogP) is 2.61. The highest BCUT2D eigenvalue weighted by Gasteiger charge is 2.40. The first kappa shape index (κ1) is 28.4. The molecule has 2 aliphatic rings. The van der Waals surface area contributed by atoms with E-state index in [2.05, 4.69) is 15.1 Å². The van der Waals surface area contributed by atoms with Crippen LogP contribution in [0.1, 0.15) is 18.4 Å². The van der Waals surface area contributed by atoms with Gasteiger partial charge in [-0.05, 0) is 24.1 Å². The highest BCUT2D eigenvalue weighted by atomic mass is 16.5. The molecule has 1 N–H and O–H groups in total. The summed E-state index contributed by atoms with van der Waals surface area (Å²) in [6, 6.07) is 9.05. The molecule has 0 radical (unpaired) electrons. The van der Waals surface area contributed by atoms with Crippen LogP contribution in [0.25, 0.3) is 0 Å². The summed E-state index contributed by atoms with van der Waals surface area (Å²) >= 11 is 0. The number of methoxy groups -OCH3 is 4. The molecule has 212 valence electrons. The molecule has 39 heavy (non-hydrogen) atoms. The van der Waals surface area contributed by atoms with Gasteiger partial charge in [-0.1, -0.05) is 6.07 Å². The minimum atomic E-state index is -0.653. The first-order chi connectivity index (χ1) is 19.0. The maximum absolute atomic E-state index is 12.5. The quantitative estimate of drug-likeness (QED) is 0.382. The van der Waals surface area contributed by atoms with Crippen molar-refractivity contribution in [2.45, 2.75) is 25.5 Å². The summed E-state index contributed by atoms with van der Waals surface area (Å²) in [5.74, 6) is 3.10. The van der Waals surface area contributed by atoms with Gasteiger partial charge >= 0.3 is 11.9 Å². The molecule has 1 amide bonds. The predicted molar refractivity (Wildman–Crippen MR) is 146 cm³/mol. The molecule has 1 fully saturated rings. The third-order valence-electron chi connectivity index (χ3n) is 7.25. The van der Waals surface area contributed by atoms with Crippen molar-refractivity contribution in [1.29, 1.82) is 0 Å². The van der Waals surface area contributed by atoms with Crippen molar-refractivity contribution in [2.24, 2.45) is 0 Å². The molecule has 2 aliphatic heterocycles. The third kappa shape index (κ3) is 6.90. The van der Waals surface area contributed by atoms with Gasteiger partial charge in [-0.15, -0.1) is 0 Å². The molecule has 0 aromatic heterocycles. The Hall–Kier alpha value is -3.57. The summed E-state index contributed by atoms with van der Waals surface area (Å²) in [7, 11) is 6.44. The van der Waals surface area contributed by atoms with Gasteiger partial charge in [0, 0.05) is 69.3 Å². The van der Waals surface area contributed by atoms with Crippen LogP contribution in [-0.2, 0) is 11.2 Å². The second-order valence-electron chi connectivity index (χ2n) is 9.55. The average molecular weight is 544 g/mol. The standard InChI is InChI=1S/C28H38N4O7/c1-35-21-6-7-22-24(19-21)39-26(32(22)34)9-12-29-25(33)11-14-31-17-15-30(16-18-31)13-10-20-5-8-23(36-2)28(38-4)27(20)37-3/h5-8,19,26H,9-18H2,1-4H3/p+1. The van der Waals surface area contributed by atoms with Crippen molar-refractivity contribution in [2.75, 3.05) is 74.3 Å². The van der Waals surface area contributed by atoms with Crippen LogP contribution >= 0.6 is 0 Å². The SMILES string of the molecule is COc1ccc2c(c1)OC(CCNC(=O)CCN1CCN(CCc3ccc(OC)c(OC)c3OC)CC1)[N+]2=O. The monoisotopic (exact) mass is 543 g/mol. The second kappa shape index (κ2) is 13.5. The number of hydrogen-bond acceptors (Lipinski definition) is 9. The molecular formula is C28H39N4O7+. The first-order valence-corrected chi connectivity index (χ1v) is 13.3. The largest absolute Gasteiger partial charge is 0.497 e. The molecular weight excluding hydrogens is 504 g/mol. The van der Waals surface area contributed by atoms with E-state index in [4.69, 9.17) is 23.7 Å². The molecule has 0 spiro atoms. The van der Waals surface area contributed by atoms with Crippen molar-refractivity contribution < 1.29 is 33.2 Å². The number of piperazine rings is 1. The number of nitrogens with one attached hydrogen (secondary N) is 1. The van der Waals surface area contributed by atoms with Gasteiger partial charge in [0.15, 0.2) is 11.5 Å². The fourth-order valence-electron chi connectivity index (χ4n) is 4.98. The maximum Gasteiger partial charge on any atom is 0.352 e. The number of rotatable bonds is 13. The van der Waals surface area contributed by atoms with Gasteiger partial charge in [-0.2, -0.15) is 0 Å². The molecule has 2 heterocycles. The molecule has 0 aliphatic carbocycles. The van der Waals surface area contributed by atoms with E-state index in [1.165, 1.54) is 0 Å². The Morgan fingerprint density at radius 1 is 0.949 bits per heavy atom. The minimum Gasteiger partial charge on any atom is -0.497 e. The number of nitroso groups, excluding NO2 is 1. The fourth-order valence-corrected chi connectivity index (χ4v) is 4.98. The van der Waals surface area contributed by atoms with Crippen molar-refractivity contribution in [1.82, 2.24) is 15.1 Å². The summed E-state index contributed by atoms with van der Waals surface area (Å²) in [5, 5.41) is 2.92. The van der Waals surface area contributed by atoms with Crippen LogP contribution in [-0.4, -0.2) is 101 Å². The number of nitrogens with zero attached hydrogens (tertiary/aromatic N) is 3. The minimum absolute atomic E-state index is 0.0207. The summed E-state index contributed by atoms with van der Waals surface area (Å²) in [6.07, 6.45) is 1.01. The molecule has 2 aromatic carbocycles. The lowest BCUT2D eigenvalue weighted by atomic mass is 10.1. The average Bonchev–Trinajstić information content (AvgIpc) is 3.28. The van der Waals surface area contributed by atoms with Gasteiger partial charge in [0.2, 0.25) is 17.4 Å². The molecule has 1 atom stereocenters. The van der Waals surface area contributed by atoms with E-state index in [1.54, 1.807) is 46.6 Å². The van der Waals surface area contributed by atoms with Crippen LogP contribution in [0.2, 0.25) is 0 Å². The van der Waals surface area contributed by atoms with Crippen LogP contribution in [0.15, 0.2) is 30.3 Å². The topological polar surface area (TPSA) is 102 Å². The number of benzene rings is 2. The van der Waals surface area contributed by atoms with E-state index in [1.807, 2.05) is 12.1 Å². The molecule has 2 aromatic rings. The van der Waals surface area contributed by atoms with E-state index < -0.39 is 6.23 Å². The van der Waals surface area contributed by atoms with E-state index in [0.29, 0.717) is 60.4 Å². The van der Waals surface area contributed by atoms with Gasteiger partial charge < -0.3 is 38.8 Å². The number of amides is 1. The van der Waals surface area contributed by atoms with Gasteiger partial charge in [0.05, 0.1) is 39.6 Å². The number of fused-ring (bicyclic) bond motifs is 1. The Morgan fingerprint density at radius 2 is 1.67 bits per heavy atom. The molecule has 4 rings (SSSR count). The maximum atomic E-state index is 12.5. The fraction of sp³-hybridized carbons (Fsp3) is 0.536. The van der Waals surface area contributed by atoms with Crippen molar-refractivity contribution in [3.63, 3.8) is 0 Å². The first-order valence-electron chi connectivity index (χ1n) is 13.3. The van der Waals surface area contributed by atoms with Crippen molar-refractivity contribution in [3.05, 3.63) is 40.8 Å². The van der Waals surface area contributed by atoms with Gasteiger partial charge in [-0.25, -0.2) is 0 Å². The third-order valence-corrected chi connectivity index (χ3v) is 7.25. The Labute approximate surface area is 229 Å². The zero-order valence-corrected chi connectivity index (χ0v) is 23.2. The lowest BCUT2D eigenvalue weighted by Crippen LogP contribution is -2.47. The van der Waals surface area contributed by atoms with Crippen molar-refractivity contribution >= 4 is 11.6 Å². The molecule has 0 saturated carbocycles. The van der Waals surface area contributed by atoms with E-state index in [-0.39, 0.29) is 5.91 Å². The van der Waals surface area contributed by atoms with Crippen LogP contribution in [0.5, 0.6) is 28.7 Å². The van der Waals surface area contributed by atoms with E-state index >= 15 is 0 Å². The number of carbonyl (C=O) groups is 1. The zero-order valence-electron chi connectivity index (χ0n) is 23.2. The highest BCUT2D eigenvalue weighted by molar-refractivity contribution is 5.76. The number of hydrogen-bond donors (Lipinski definition) is 1. The van der Waals surface area contributed by atoms with Crippen molar-refractivity contribution in [3.8, 4) is 28.7 Å². The normalized spacial score (nSPS) is 17.3. The molecule has 11 heteroatoms.